The highest BCUT2D eigenvalue weighted by molar-refractivity contribution is 5.37. The molecular weight excluding hydrogens is 236 g/mol. The summed E-state index contributed by atoms with van der Waals surface area (Å²) in [5, 5.41) is 0. The number of nitrogens with two attached hydrogens (primary N) is 1. The maximum absolute atomic E-state index is 6.44. The zero-order valence-corrected chi connectivity index (χ0v) is 11.7. The Kier molecular flexibility index (Phi) is 3.76. The third-order valence-electron chi connectivity index (χ3n) is 4.47. The van der Waals surface area contributed by atoms with Gasteiger partial charge >= 0.3 is 0 Å². The average molecular weight is 260 g/mol. The maximum Gasteiger partial charge on any atom is 0.124 e. The van der Waals surface area contributed by atoms with Crippen LogP contribution in [-0.2, 0) is 0 Å². The fourth-order valence-electron chi connectivity index (χ4n) is 3.39. The third kappa shape index (κ3) is 2.77. The highest BCUT2D eigenvalue weighted by Gasteiger charge is 2.30. The molecule has 1 aromatic carbocycles. The van der Waals surface area contributed by atoms with Gasteiger partial charge in [0.25, 0.3) is 0 Å². The lowest BCUT2D eigenvalue weighted by atomic mass is 9.90. The van der Waals surface area contributed by atoms with E-state index in [-0.39, 0.29) is 6.04 Å². The molecule has 19 heavy (non-hydrogen) atoms. The van der Waals surface area contributed by atoms with Gasteiger partial charge in [-0.2, -0.15) is 0 Å². The predicted molar refractivity (Wildman–Crippen MR) is 77.2 cm³/mol. The standard InChI is InChI=1S/C16H24N2O/c1-12-5-4-8-18(9-12)10-13-11-19-15-7-3-2-6-14(15)16(13)17/h2-3,6-7,12-13,16H,4-5,8-11,17H2,1H3. The van der Waals surface area contributed by atoms with Crippen LogP contribution in [0.2, 0.25) is 0 Å². The fourth-order valence-corrected chi connectivity index (χ4v) is 3.39. The Bertz CT molecular complexity index is 435. The van der Waals surface area contributed by atoms with Crippen molar-refractivity contribution in [1.82, 2.24) is 4.90 Å². The second-order valence-electron chi connectivity index (χ2n) is 6.14. The van der Waals surface area contributed by atoms with Crippen molar-refractivity contribution < 1.29 is 4.74 Å². The largest absolute Gasteiger partial charge is 0.493 e. The first-order chi connectivity index (χ1) is 9.24. The Morgan fingerprint density at radius 2 is 2.21 bits per heavy atom. The van der Waals surface area contributed by atoms with E-state index in [1.165, 1.54) is 31.5 Å². The number of benzene rings is 1. The van der Waals surface area contributed by atoms with Crippen LogP contribution in [0.4, 0.5) is 0 Å². The van der Waals surface area contributed by atoms with Gasteiger partial charge in [-0.3, -0.25) is 0 Å². The topological polar surface area (TPSA) is 38.5 Å². The molecule has 0 saturated carbocycles. The molecule has 2 N–H and O–H groups in total. The van der Waals surface area contributed by atoms with Crippen LogP contribution in [0.5, 0.6) is 5.75 Å². The van der Waals surface area contributed by atoms with E-state index in [2.05, 4.69) is 17.9 Å². The predicted octanol–water partition coefficient (Wildman–Crippen LogP) is 2.43. The van der Waals surface area contributed by atoms with Crippen LogP contribution in [0.1, 0.15) is 31.4 Å². The SMILES string of the molecule is CC1CCCN(CC2COc3ccccc3C2N)C1. The fraction of sp³-hybridized carbons (Fsp3) is 0.625. The highest BCUT2D eigenvalue weighted by Crippen LogP contribution is 2.34. The van der Waals surface area contributed by atoms with Gasteiger partial charge in [-0.1, -0.05) is 25.1 Å². The lowest BCUT2D eigenvalue weighted by Crippen LogP contribution is -2.43. The van der Waals surface area contributed by atoms with Crippen molar-refractivity contribution >= 4 is 0 Å². The number of ether oxygens (including phenoxy) is 1. The van der Waals surface area contributed by atoms with Crippen molar-refractivity contribution in [2.24, 2.45) is 17.6 Å². The second kappa shape index (κ2) is 5.51. The van der Waals surface area contributed by atoms with E-state index in [9.17, 15) is 0 Å². The summed E-state index contributed by atoms with van der Waals surface area (Å²) in [7, 11) is 0. The van der Waals surface area contributed by atoms with Crippen molar-refractivity contribution in [3.05, 3.63) is 29.8 Å². The lowest BCUT2D eigenvalue weighted by Gasteiger charge is -2.37. The zero-order valence-electron chi connectivity index (χ0n) is 11.7. The van der Waals surface area contributed by atoms with Gasteiger partial charge in [0.05, 0.1) is 6.61 Å². The minimum atomic E-state index is 0.113. The molecule has 0 spiro atoms. The van der Waals surface area contributed by atoms with Crippen LogP contribution in [0.15, 0.2) is 24.3 Å². The van der Waals surface area contributed by atoms with E-state index < -0.39 is 0 Å². The van der Waals surface area contributed by atoms with E-state index in [0.717, 1.165) is 24.8 Å². The molecule has 3 rings (SSSR count). The minimum Gasteiger partial charge on any atom is -0.493 e. The van der Waals surface area contributed by atoms with Crippen LogP contribution >= 0.6 is 0 Å². The number of piperidine rings is 1. The average Bonchev–Trinajstić information content (AvgIpc) is 2.42. The first-order valence-electron chi connectivity index (χ1n) is 7.43. The molecule has 0 bridgehead atoms. The monoisotopic (exact) mass is 260 g/mol. The molecule has 1 saturated heterocycles. The summed E-state index contributed by atoms with van der Waals surface area (Å²) in [6, 6.07) is 8.30. The summed E-state index contributed by atoms with van der Waals surface area (Å²) >= 11 is 0. The van der Waals surface area contributed by atoms with Gasteiger partial charge in [-0.05, 0) is 31.4 Å². The first-order valence-corrected chi connectivity index (χ1v) is 7.43. The van der Waals surface area contributed by atoms with Gasteiger partial charge in [0, 0.05) is 30.6 Å². The Hall–Kier alpha value is -1.06. The first kappa shape index (κ1) is 12.9. The summed E-state index contributed by atoms with van der Waals surface area (Å²) in [6.07, 6.45) is 2.69. The number of hydrogen-bond acceptors (Lipinski definition) is 3. The van der Waals surface area contributed by atoms with Crippen molar-refractivity contribution in [2.75, 3.05) is 26.2 Å². The normalized spacial score (nSPS) is 31.6. The Labute approximate surface area is 115 Å². The number of fused-ring (bicyclic) bond motifs is 1. The Balaban J connectivity index is 1.67. The Morgan fingerprint density at radius 1 is 1.37 bits per heavy atom. The quantitative estimate of drug-likeness (QED) is 0.887. The van der Waals surface area contributed by atoms with Crippen molar-refractivity contribution in [3.8, 4) is 5.75 Å². The Morgan fingerprint density at radius 3 is 3.05 bits per heavy atom. The highest BCUT2D eigenvalue weighted by atomic mass is 16.5. The van der Waals surface area contributed by atoms with Crippen molar-refractivity contribution in [2.45, 2.75) is 25.8 Å². The van der Waals surface area contributed by atoms with Gasteiger partial charge < -0.3 is 15.4 Å². The number of nitrogens with zero attached hydrogens (tertiary/aromatic N) is 1. The summed E-state index contributed by atoms with van der Waals surface area (Å²) < 4.78 is 5.87. The minimum absolute atomic E-state index is 0.113. The number of hydrogen-bond donors (Lipinski definition) is 1. The lowest BCUT2D eigenvalue weighted by molar-refractivity contribution is 0.109. The molecule has 3 heteroatoms. The van der Waals surface area contributed by atoms with Crippen LogP contribution in [0, 0.1) is 11.8 Å². The van der Waals surface area contributed by atoms with E-state index in [4.69, 9.17) is 10.5 Å². The van der Waals surface area contributed by atoms with E-state index in [1.54, 1.807) is 0 Å². The number of rotatable bonds is 2. The van der Waals surface area contributed by atoms with Crippen LogP contribution in [0.3, 0.4) is 0 Å². The molecule has 2 aliphatic heterocycles. The van der Waals surface area contributed by atoms with E-state index in [1.807, 2.05) is 18.2 Å². The maximum atomic E-state index is 6.44. The molecule has 2 heterocycles. The smallest absolute Gasteiger partial charge is 0.124 e. The molecule has 3 atom stereocenters. The summed E-state index contributed by atoms with van der Waals surface area (Å²) in [4.78, 5) is 2.57. The molecule has 0 radical (unpaired) electrons. The third-order valence-corrected chi connectivity index (χ3v) is 4.47. The molecule has 1 aromatic rings. The zero-order chi connectivity index (χ0) is 13.2. The number of likely N-dealkylation sites (tertiary alicyclic amines) is 1. The summed E-state index contributed by atoms with van der Waals surface area (Å²) in [5.74, 6) is 2.21. The van der Waals surface area contributed by atoms with Crippen molar-refractivity contribution in [3.63, 3.8) is 0 Å². The molecule has 3 nitrogen and oxygen atoms in total. The number of para-hydroxylation sites is 1. The van der Waals surface area contributed by atoms with Gasteiger partial charge in [0.1, 0.15) is 5.75 Å². The van der Waals surface area contributed by atoms with Crippen LogP contribution < -0.4 is 10.5 Å². The van der Waals surface area contributed by atoms with Gasteiger partial charge in [-0.15, -0.1) is 0 Å². The summed E-state index contributed by atoms with van der Waals surface area (Å²) in [6.45, 7) is 6.60. The van der Waals surface area contributed by atoms with E-state index in [0.29, 0.717) is 5.92 Å². The van der Waals surface area contributed by atoms with Gasteiger partial charge in [-0.25, -0.2) is 0 Å². The van der Waals surface area contributed by atoms with E-state index >= 15 is 0 Å². The second-order valence-corrected chi connectivity index (χ2v) is 6.14. The molecular formula is C16H24N2O. The molecule has 0 aliphatic carbocycles. The molecule has 104 valence electrons. The van der Waals surface area contributed by atoms with Crippen LogP contribution in [0.25, 0.3) is 0 Å². The van der Waals surface area contributed by atoms with Crippen LogP contribution in [-0.4, -0.2) is 31.1 Å². The van der Waals surface area contributed by atoms with Gasteiger partial charge in [0.15, 0.2) is 0 Å². The van der Waals surface area contributed by atoms with Gasteiger partial charge in [0.2, 0.25) is 0 Å². The molecule has 0 aromatic heterocycles. The van der Waals surface area contributed by atoms with Crippen molar-refractivity contribution in [1.29, 1.82) is 0 Å². The molecule has 0 amide bonds. The molecule has 1 fully saturated rings. The molecule has 3 unspecified atom stereocenters. The molecule has 2 aliphatic rings. The summed E-state index contributed by atoms with van der Waals surface area (Å²) in [5.41, 5.74) is 7.61.